The molecule has 1 aliphatic rings. The lowest BCUT2D eigenvalue weighted by molar-refractivity contribution is 0.0303. The number of nitrogens with zero attached hydrogens (tertiary/aromatic N) is 4. The van der Waals surface area contributed by atoms with Gasteiger partial charge in [-0.3, -0.25) is 4.79 Å². The molecule has 162 valence electrons. The Morgan fingerprint density at radius 3 is 2.70 bits per heavy atom. The number of benzene rings is 1. The maximum absolute atomic E-state index is 12.8. The minimum Gasteiger partial charge on any atom is -0.378 e. The smallest absolute Gasteiger partial charge is 0.254 e. The number of thioether (sulfide) groups is 1. The van der Waals surface area contributed by atoms with Gasteiger partial charge in [-0.2, -0.15) is 0 Å². The zero-order valence-electron chi connectivity index (χ0n) is 18.4. The molecule has 1 aromatic heterocycles. The van der Waals surface area contributed by atoms with Gasteiger partial charge in [0, 0.05) is 49.8 Å². The van der Waals surface area contributed by atoms with Gasteiger partial charge in [-0.05, 0) is 30.0 Å². The van der Waals surface area contributed by atoms with E-state index in [1.54, 1.807) is 11.8 Å². The molecule has 6 nitrogen and oxygen atoms in total. The molecule has 2 aromatic rings. The lowest BCUT2D eigenvalue weighted by atomic mass is 10.1. The summed E-state index contributed by atoms with van der Waals surface area (Å²) in [6.07, 6.45) is 1.07. The molecule has 1 aliphatic heterocycles. The van der Waals surface area contributed by atoms with Crippen molar-refractivity contribution in [2.24, 2.45) is 0 Å². The summed E-state index contributed by atoms with van der Waals surface area (Å²) in [5.74, 6) is 2.11. The van der Waals surface area contributed by atoms with Crippen LogP contribution in [0.3, 0.4) is 0 Å². The Balaban J connectivity index is 1.72. The number of hydrogen-bond donors (Lipinski definition) is 0. The molecule has 1 amide bonds. The number of aromatic nitrogens is 2. The number of rotatable bonds is 8. The van der Waals surface area contributed by atoms with Crippen LogP contribution in [-0.2, 0) is 10.5 Å². The highest BCUT2D eigenvalue weighted by atomic mass is 32.2. The van der Waals surface area contributed by atoms with Crippen LogP contribution in [0, 0.1) is 0 Å². The van der Waals surface area contributed by atoms with Crippen molar-refractivity contribution in [1.29, 1.82) is 0 Å². The second kappa shape index (κ2) is 10.8. The zero-order valence-corrected chi connectivity index (χ0v) is 19.2. The molecule has 0 atom stereocenters. The summed E-state index contributed by atoms with van der Waals surface area (Å²) in [6.45, 7) is 9.97. The van der Waals surface area contributed by atoms with E-state index >= 15 is 0 Å². The minimum absolute atomic E-state index is 0.0756. The second-order valence-corrected chi connectivity index (χ2v) is 8.85. The van der Waals surface area contributed by atoms with Gasteiger partial charge in [0.05, 0.1) is 13.2 Å². The van der Waals surface area contributed by atoms with E-state index in [2.05, 4.69) is 44.9 Å². The van der Waals surface area contributed by atoms with E-state index in [1.165, 1.54) is 0 Å². The van der Waals surface area contributed by atoms with Crippen LogP contribution < -0.4 is 4.90 Å². The third kappa shape index (κ3) is 5.95. The highest BCUT2D eigenvalue weighted by Crippen LogP contribution is 2.26. The summed E-state index contributed by atoms with van der Waals surface area (Å²) in [4.78, 5) is 26.3. The van der Waals surface area contributed by atoms with Crippen LogP contribution in [0.1, 0.15) is 54.7 Å². The highest BCUT2D eigenvalue weighted by molar-refractivity contribution is 7.98. The van der Waals surface area contributed by atoms with Crippen molar-refractivity contribution in [3.05, 3.63) is 47.2 Å². The van der Waals surface area contributed by atoms with Crippen LogP contribution in [-0.4, -0.2) is 60.7 Å². The summed E-state index contributed by atoms with van der Waals surface area (Å²) >= 11 is 1.62. The standard InChI is InChI=1S/C23H32N4O2S/c1-5-9-26(4)21-15-20(17(2)3)24-23(25-21)30-16-18-7-6-8-19(14-18)22(28)27-10-12-29-13-11-27/h6-8,14-15,17H,5,9-13,16H2,1-4H3. The quantitative estimate of drug-likeness (QED) is 0.464. The topological polar surface area (TPSA) is 58.6 Å². The van der Waals surface area contributed by atoms with Crippen LogP contribution in [0.2, 0.25) is 0 Å². The van der Waals surface area contributed by atoms with E-state index in [1.807, 2.05) is 23.1 Å². The van der Waals surface area contributed by atoms with Gasteiger partial charge >= 0.3 is 0 Å². The molecule has 30 heavy (non-hydrogen) atoms. The number of hydrogen-bond acceptors (Lipinski definition) is 6. The van der Waals surface area contributed by atoms with Crippen LogP contribution in [0.4, 0.5) is 5.82 Å². The molecule has 0 saturated carbocycles. The third-order valence-electron chi connectivity index (χ3n) is 5.09. The molecule has 0 radical (unpaired) electrons. The van der Waals surface area contributed by atoms with E-state index in [0.29, 0.717) is 32.2 Å². The number of carbonyl (C=O) groups excluding carboxylic acids is 1. The van der Waals surface area contributed by atoms with Crippen molar-refractivity contribution < 1.29 is 9.53 Å². The minimum atomic E-state index is 0.0756. The Bertz CT molecular complexity index is 853. The molecule has 2 heterocycles. The number of anilines is 1. The summed E-state index contributed by atoms with van der Waals surface area (Å²) < 4.78 is 5.35. The molecule has 0 bridgehead atoms. The molecule has 3 rings (SSSR count). The van der Waals surface area contributed by atoms with Gasteiger partial charge in [0.2, 0.25) is 0 Å². The fourth-order valence-corrected chi connectivity index (χ4v) is 4.13. The zero-order chi connectivity index (χ0) is 21.5. The first-order valence-corrected chi connectivity index (χ1v) is 11.7. The first-order valence-electron chi connectivity index (χ1n) is 10.7. The summed E-state index contributed by atoms with van der Waals surface area (Å²) in [7, 11) is 2.07. The van der Waals surface area contributed by atoms with Gasteiger partial charge in [-0.25, -0.2) is 9.97 Å². The molecule has 0 spiro atoms. The summed E-state index contributed by atoms with van der Waals surface area (Å²) in [5.41, 5.74) is 2.89. The van der Waals surface area contributed by atoms with Gasteiger partial charge in [-0.15, -0.1) is 0 Å². The molecule has 0 unspecified atom stereocenters. The Labute approximate surface area is 184 Å². The van der Waals surface area contributed by atoms with Crippen molar-refractivity contribution in [3.63, 3.8) is 0 Å². The fraction of sp³-hybridized carbons (Fsp3) is 0.522. The maximum atomic E-state index is 12.8. The first kappa shape index (κ1) is 22.6. The Morgan fingerprint density at radius 1 is 1.23 bits per heavy atom. The lowest BCUT2D eigenvalue weighted by Gasteiger charge is -2.27. The molecule has 1 aromatic carbocycles. The molecular weight excluding hydrogens is 396 g/mol. The number of amides is 1. The number of ether oxygens (including phenoxy) is 1. The van der Waals surface area contributed by atoms with Crippen molar-refractivity contribution in [2.45, 2.75) is 44.0 Å². The lowest BCUT2D eigenvalue weighted by Crippen LogP contribution is -2.40. The van der Waals surface area contributed by atoms with Crippen molar-refractivity contribution >= 4 is 23.5 Å². The van der Waals surface area contributed by atoms with Gasteiger partial charge in [-0.1, -0.05) is 44.7 Å². The molecule has 0 N–H and O–H groups in total. The predicted molar refractivity (Wildman–Crippen MR) is 122 cm³/mol. The van der Waals surface area contributed by atoms with Gasteiger partial charge in [0.15, 0.2) is 5.16 Å². The molecule has 0 aliphatic carbocycles. The second-order valence-electron chi connectivity index (χ2n) is 7.90. The summed E-state index contributed by atoms with van der Waals surface area (Å²) in [5, 5.41) is 0.782. The van der Waals surface area contributed by atoms with Crippen LogP contribution in [0.15, 0.2) is 35.5 Å². The average Bonchev–Trinajstić information content (AvgIpc) is 2.78. The normalized spacial score (nSPS) is 14.2. The molecule has 1 fully saturated rings. The third-order valence-corrected chi connectivity index (χ3v) is 6.01. The van der Waals surface area contributed by atoms with Crippen molar-refractivity contribution in [1.82, 2.24) is 14.9 Å². The van der Waals surface area contributed by atoms with Crippen LogP contribution in [0.25, 0.3) is 0 Å². The van der Waals surface area contributed by atoms with Gasteiger partial charge in [0.1, 0.15) is 5.82 Å². The maximum Gasteiger partial charge on any atom is 0.254 e. The Kier molecular flexibility index (Phi) is 8.10. The van der Waals surface area contributed by atoms with E-state index in [-0.39, 0.29) is 5.91 Å². The number of morpholine rings is 1. The fourth-order valence-electron chi connectivity index (χ4n) is 3.33. The Morgan fingerprint density at radius 2 is 2.00 bits per heavy atom. The monoisotopic (exact) mass is 428 g/mol. The van der Waals surface area contributed by atoms with E-state index in [9.17, 15) is 4.79 Å². The van der Waals surface area contributed by atoms with Gasteiger partial charge < -0.3 is 14.5 Å². The summed E-state index contributed by atoms with van der Waals surface area (Å²) in [6, 6.07) is 9.97. The van der Waals surface area contributed by atoms with Crippen LogP contribution >= 0.6 is 11.8 Å². The van der Waals surface area contributed by atoms with Crippen molar-refractivity contribution in [3.8, 4) is 0 Å². The SMILES string of the molecule is CCCN(C)c1cc(C(C)C)nc(SCc2cccc(C(=O)N3CCOCC3)c2)n1. The predicted octanol–water partition coefficient (Wildman–Crippen LogP) is 4.21. The van der Waals surface area contributed by atoms with E-state index in [0.717, 1.165) is 46.5 Å². The van der Waals surface area contributed by atoms with E-state index in [4.69, 9.17) is 14.7 Å². The molecule has 7 heteroatoms. The van der Waals surface area contributed by atoms with Gasteiger partial charge in [0.25, 0.3) is 5.91 Å². The average molecular weight is 429 g/mol. The molecule has 1 saturated heterocycles. The molecular formula is C23H32N4O2S. The van der Waals surface area contributed by atoms with Crippen LogP contribution in [0.5, 0.6) is 0 Å². The highest BCUT2D eigenvalue weighted by Gasteiger charge is 2.19. The Hall–Kier alpha value is -2.12. The van der Waals surface area contributed by atoms with E-state index < -0.39 is 0 Å². The van der Waals surface area contributed by atoms with Crippen molar-refractivity contribution in [2.75, 3.05) is 44.8 Å². The number of carbonyl (C=O) groups is 1. The largest absolute Gasteiger partial charge is 0.378 e. The first-order chi connectivity index (χ1) is 14.5.